The summed E-state index contributed by atoms with van der Waals surface area (Å²) in [5, 5.41) is 0.258. The van der Waals surface area contributed by atoms with Crippen LogP contribution in [0.15, 0.2) is 18.2 Å². The summed E-state index contributed by atoms with van der Waals surface area (Å²) in [6.45, 7) is 6.69. The Labute approximate surface area is 164 Å². The van der Waals surface area contributed by atoms with Crippen LogP contribution >= 0.6 is 11.6 Å². The molecule has 7 heteroatoms. The Morgan fingerprint density at radius 1 is 1.11 bits per heavy atom. The molecule has 0 unspecified atom stereocenters. The van der Waals surface area contributed by atoms with E-state index in [-0.39, 0.29) is 34.7 Å². The fourth-order valence-corrected chi connectivity index (χ4v) is 4.16. The summed E-state index contributed by atoms with van der Waals surface area (Å²) in [6, 6.07) is 3.88. The van der Waals surface area contributed by atoms with Crippen LogP contribution in [0.1, 0.15) is 56.8 Å². The molecular formula is C20H26ClFN2O3. The Morgan fingerprint density at radius 2 is 1.70 bits per heavy atom. The Bertz CT molecular complexity index is 734. The highest BCUT2D eigenvalue weighted by Gasteiger charge is 2.43. The molecule has 0 aliphatic carbocycles. The van der Waals surface area contributed by atoms with Gasteiger partial charge in [0, 0.05) is 18.1 Å². The molecule has 2 atom stereocenters. The summed E-state index contributed by atoms with van der Waals surface area (Å²) in [6.07, 6.45) is 2.98. The van der Waals surface area contributed by atoms with Crippen molar-refractivity contribution in [3.8, 4) is 0 Å². The maximum absolute atomic E-state index is 14.2. The lowest BCUT2D eigenvalue weighted by Gasteiger charge is -2.35. The maximum Gasteiger partial charge on any atom is 0.410 e. The minimum Gasteiger partial charge on any atom is -0.444 e. The van der Waals surface area contributed by atoms with Crippen LogP contribution in [-0.4, -0.2) is 52.6 Å². The van der Waals surface area contributed by atoms with Crippen LogP contribution in [0.3, 0.4) is 0 Å². The fourth-order valence-electron chi connectivity index (χ4n) is 4.00. The molecule has 2 amide bonds. The van der Waals surface area contributed by atoms with E-state index in [1.165, 1.54) is 12.1 Å². The molecule has 0 saturated carbocycles. The normalized spacial score (nSPS) is 23.0. The maximum atomic E-state index is 14.2. The number of ether oxygens (including phenoxy) is 1. The molecule has 2 aliphatic heterocycles. The molecule has 5 nitrogen and oxygen atoms in total. The number of carbonyl (C=O) groups excluding carboxylic acids is 2. The van der Waals surface area contributed by atoms with E-state index in [0.29, 0.717) is 13.1 Å². The highest BCUT2D eigenvalue weighted by atomic mass is 35.5. The summed E-state index contributed by atoms with van der Waals surface area (Å²) < 4.78 is 19.8. The van der Waals surface area contributed by atoms with Gasteiger partial charge in [-0.1, -0.05) is 11.6 Å². The lowest BCUT2D eigenvalue weighted by Crippen LogP contribution is -2.51. The first-order valence-corrected chi connectivity index (χ1v) is 9.81. The molecule has 0 radical (unpaired) electrons. The van der Waals surface area contributed by atoms with Gasteiger partial charge in [0.1, 0.15) is 11.4 Å². The molecule has 2 fully saturated rings. The number of hydrogen-bond acceptors (Lipinski definition) is 3. The van der Waals surface area contributed by atoms with Gasteiger partial charge in [-0.25, -0.2) is 9.18 Å². The smallest absolute Gasteiger partial charge is 0.410 e. The molecule has 0 spiro atoms. The first-order valence-electron chi connectivity index (χ1n) is 9.43. The van der Waals surface area contributed by atoms with E-state index in [1.807, 2.05) is 20.8 Å². The van der Waals surface area contributed by atoms with Gasteiger partial charge in [-0.2, -0.15) is 0 Å². The quantitative estimate of drug-likeness (QED) is 0.740. The van der Waals surface area contributed by atoms with Crippen molar-refractivity contribution in [2.24, 2.45) is 0 Å². The average Bonchev–Trinajstić information content (AvgIpc) is 3.21. The molecule has 1 aromatic rings. The zero-order chi connectivity index (χ0) is 19.8. The second-order valence-electron chi connectivity index (χ2n) is 8.22. The summed E-state index contributed by atoms with van der Waals surface area (Å²) in [4.78, 5) is 29.0. The Morgan fingerprint density at radius 3 is 2.30 bits per heavy atom. The van der Waals surface area contributed by atoms with Crippen molar-refractivity contribution in [2.45, 2.75) is 64.1 Å². The van der Waals surface area contributed by atoms with Crippen LogP contribution in [-0.2, 0) is 4.74 Å². The van der Waals surface area contributed by atoms with E-state index in [9.17, 15) is 14.0 Å². The number of nitrogens with zero attached hydrogens (tertiary/aromatic N) is 2. The monoisotopic (exact) mass is 396 g/mol. The number of likely N-dealkylation sites (tertiary alicyclic amines) is 2. The molecule has 3 rings (SSSR count). The van der Waals surface area contributed by atoms with Crippen LogP contribution in [0.25, 0.3) is 0 Å². The van der Waals surface area contributed by atoms with Gasteiger partial charge in [-0.15, -0.1) is 0 Å². The summed E-state index contributed by atoms with van der Waals surface area (Å²) >= 11 is 5.80. The Balaban J connectivity index is 1.79. The van der Waals surface area contributed by atoms with Crippen LogP contribution < -0.4 is 0 Å². The minimum atomic E-state index is -0.617. The molecule has 0 aromatic heterocycles. The molecule has 27 heavy (non-hydrogen) atoms. The molecular weight excluding hydrogens is 371 g/mol. The van der Waals surface area contributed by atoms with Gasteiger partial charge in [0.2, 0.25) is 0 Å². The van der Waals surface area contributed by atoms with Crippen LogP contribution in [0.4, 0.5) is 9.18 Å². The molecule has 0 N–H and O–H groups in total. The summed E-state index contributed by atoms with van der Waals surface area (Å²) in [5.74, 6) is -0.962. The third-order valence-electron chi connectivity index (χ3n) is 5.09. The Hall–Kier alpha value is -1.82. The highest BCUT2D eigenvalue weighted by Crippen LogP contribution is 2.32. The van der Waals surface area contributed by atoms with Crippen molar-refractivity contribution in [1.82, 2.24) is 9.80 Å². The van der Waals surface area contributed by atoms with Gasteiger partial charge in [-0.05, 0) is 64.7 Å². The summed E-state index contributed by atoms with van der Waals surface area (Å²) in [5.41, 5.74) is -0.546. The zero-order valence-corrected chi connectivity index (χ0v) is 16.8. The van der Waals surface area contributed by atoms with Crippen molar-refractivity contribution < 1.29 is 18.7 Å². The number of carbonyl (C=O) groups is 2. The Kier molecular flexibility index (Phi) is 5.65. The van der Waals surface area contributed by atoms with Crippen LogP contribution in [0, 0.1) is 5.82 Å². The van der Waals surface area contributed by atoms with E-state index in [1.54, 1.807) is 9.80 Å². The SMILES string of the molecule is CC(C)(C)OC(=O)N1CCC[C@H]1[C@@H]1CCCN1C(=O)c1ccc(Cl)cc1F. The standard InChI is InChI=1S/C20H26ClFN2O3/c1-20(2,3)27-19(26)24-11-5-7-17(24)16-6-4-10-23(16)18(25)14-9-8-13(21)12-15(14)22/h8-9,12,16-17H,4-7,10-11H2,1-3H3/t16-,17-/m0/s1. The largest absolute Gasteiger partial charge is 0.444 e. The third kappa shape index (κ3) is 4.37. The van der Waals surface area contributed by atoms with Crippen LogP contribution in [0.5, 0.6) is 0 Å². The number of hydrogen-bond donors (Lipinski definition) is 0. The predicted molar refractivity (Wildman–Crippen MR) is 101 cm³/mol. The van der Waals surface area contributed by atoms with Crippen molar-refractivity contribution in [3.63, 3.8) is 0 Å². The molecule has 2 saturated heterocycles. The second-order valence-corrected chi connectivity index (χ2v) is 8.65. The van der Waals surface area contributed by atoms with Gasteiger partial charge in [0.15, 0.2) is 0 Å². The van der Waals surface area contributed by atoms with Crippen molar-refractivity contribution in [2.75, 3.05) is 13.1 Å². The van der Waals surface area contributed by atoms with E-state index in [4.69, 9.17) is 16.3 Å². The van der Waals surface area contributed by atoms with Gasteiger partial charge in [0.25, 0.3) is 5.91 Å². The number of amides is 2. The van der Waals surface area contributed by atoms with Gasteiger partial charge < -0.3 is 14.5 Å². The average molecular weight is 397 g/mol. The molecule has 1 aromatic carbocycles. The topological polar surface area (TPSA) is 49.9 Å². The van der Waals surface area contributed by atoms with Gasteiger partial charge >= 0.3 is 6.09 Å². The van der Waals surface area contributed by atoms with E-state index in [2.05, 4.69) is 0 Å². The van der Waals surface area contributed by atoms with E-state index in [0.717, 1.165) is 31.7 Å². The van der Waals surface area contributed by atoms with E-state index < -0.39 is 11.4 Å². The number of benzene rings is 1. The first-order chi connectivity index (χ1) is 12.7. The molecule has 0 bridgehead atoms. The number of halogens is 2. The lowest BCUT2D eigenvalue weighted by atomic mass is 10.0. The molecule has 2 aliphatic rings. The molecule has 148 valence electrons. The van der Waals surface area contributed by atoms with Crippen molar-refractivity contribution >= 4 is 23.6 Å². The minimum absolute atomic E-state index is 0.0214. The van der Waals surface area contributed by atoms with Gasteiger partial charge in [0.05, 0.1) is 17.6 Å². The van der Waals surface area contributed by atoms with Crippen molar-refractivity contribution in [1.29, 1.82) is 0 Å². The van der Waals surface area contributed by atoms with E-state index >= 15 is 0 Å². The highest BCUT2D eigenvalue weighted by molar-refractivity contribution is 6.30. The molecule has 2 heterocycles. The fraction of sp³-hybridized carbons (Fsp3) is 0.600. The lowest BCUT2D eigenvalue weighted by molar-refractivity contribution is 0.0146. The van der Waals surface area contributed by atoms with Crippen LogP contribution in [0.2, 0.25) is 5.02 Å². The summed E-state index contributed by atoms with van der Waals surface area (Å²) in [7, 11) is 0. The van der Waals surface area contributed by atoms with Crippen molar-refractivity contribution in [3.05, 3.63) is 34.6 Å². The first kappa shape index (κ1) is 19.9. The zero-order valence-electron chi connectivity index (χ0n) is 16.0. The van der Waals surface area contributed by atoms with Gasteiger partial charge in [-0.3, -0.25) is 4.79 Å². The predicted octanol–water partition coefficient (Wildman–Crippen LogP) is 4.48. The third-order valence-corrected chi connectivity index (χ3v) is 5.33. The second kappa shape index (κ2) is 7.66. The number of rotatable bonds is 2.